The molecule has 3 aromatic rings. The molecule has 0 saturated carbocycles. The average molecular weight is 493 g/mol. The SMILES string of the molecule is CNC(=O)C(Cc1ccccc1)N(Cc1ccccc1Cl)C(=O)CCc1ccc2c(c1)OCCO2. The molecule has 6 nitrogen and oxygen atoms in total. The minimum atomic E-state index is -0.675. The Kier molecular flexibility index (Phi) is 8.27. The van der Waals surface area contributed by atoms with Gasteiger partial charge in [-0.1, -0.05) is 66.2 Å². The van der Waals surface area contributed by atoms with Crippen molar-refractivity contribution < 1.29 is 19.1 Å². The summed E-state index contributed by atoms with van der Waals surface area (Å²) in [5, 5.41) is 3.30. The van der Waals surface area contributed by atoms with Gasteiger partial charge in [-0.05, 0) is 41.3 Å². The van der Waals surface area contributed by atoms with E-state index in [9.17, 15) is 9.59 Å². The Balaban J connectivity index is 1.57. The smallest absolute Gasteiger partial charge is 0.242 e. The fraction of sp³-hybridized carbons (Fsp3) is 0.286. The number of hydrogen-bond acceptors (Lipinski definition) is 4. The molecule has 0 bridgehead atoms. The number of rotatable bonds is 9. The summed E-state index contributed by atoms with van der Waals surface area (Å²) >= 11 is 6.43. The first-order valence-electron chi connectivity index (χ1n) is 11.7. The van der Waals surface area contributed by atoms with E-state index in [1.807, 2.05) is 66.7 Å². The Morgan fingerprint density at radius 3 is 2.40 bits per heavy atom. The molecule has 4 rings (SSSR count). The molecule has 3 aromatic carbocycles. The van der Waals surface area contributed by atoms with E-state index in [0.29, 0.717) is 42.6 Å². The molecule has 35 heavy (non-hydrogen) atoms. The second-order valence-electron chi connectivity index (χ2n) is 8.41. The van der Waals surface area contributed by atoms with E-state index in [0.717, 1.165) is 16.7 Å². The molecule has 1 N–H and O–H groups in total. The van der Waals surface area contributed by atoms with Crippen LogP contribution < -0.4 is 14.8 Å². The van der Waals surface area contributed by atoms with Crippen molar-refractivity contribution >= 4 is 23.4 Å². The maximum absolute atomic E-state index is 13.6. The number of nitrogens with one attached hydrogen (secondary N) is 1. The molecule has 182 valence electrons. The van der Waals surface area contributed by atoms with Crippen LogP contribution in [0.1, 0.15) is 23.1 Å². The number of halogens is 1. The zero-order valence-electron chi connectivity index (χ0n) is 19.7. The molecule has 0 fully saturated rings. The van der Waals surface area contributed by atoms with Crippen LogP contribution in [-0.2, 0) is 29.0 Å². The van der Waals surface area contributed by atoms with Gasteiger partial charge in [-0.2, -0.15) is 0 Å². The zero-order chi connectivity index (χ0) is 24.6. The minimum absolute atomic E-state index is 0.121. The van der Waals surface area contributed by atoms with Crippen molar-refractivity contribution in [3.8, 4) is 11.5 Å². The molecule has 1 aliphatic heterocycles. The van der Waals surface area contributed by atoms with Gasteiger partial charge >= 0.3 is 0 Å². The Bertz CT molecular complexity index is 1170. The van der Waals surface area contributed by atoms with Gasteiger partial charge < -0.3 is 19.7 Å². The fourth-order valence-electron chi connectivity index (χ4n) is 4.17. The summed E-state index contributed by atoms with van der Waals surface area (Å²) in [7, 11) is 1.59. The van der Waals surface area contributed by atoms with E-state index < -0.39 is 6.04 Å². The predicted molar refractivity (Wildman–Crippen MR) is 136 cm³/mol. The molecular formula is C28H29ClN2O4. The van der Waals surface area contributed by atoms with Gasteiger partial charge in [-0.3, -0.25) is 9.59 Å². The summed E-state index contributed by atoms with van der Waals surface area (Å²) < 4.78 is 11.3. The Hall–Kier alpha value is -3.51. The minimum Gasteiger partial charge on any atom is -0.486 e. The molecule has 1 atom stereocenters. The molecule has 1 heterocycles. The maximum atomic E-state index is 13.6. The quantitative estimate of drug-likeness (QED) is 0.480. The first-order valence-corrected chi connectivity index (χ1v) is 12.1. The van der Waals surface area contributed by atoms with Crippen molar-refractivity contribution in [1.29, 1.82) is 0 Å². The zero-order valence-corrected chi connectivity index (χ0v) is 20.5. The van der Waals surface area contributed by atoms with Crippen molar-refractivity contribution in [1.82, 2.24) is 10.2 Å². The molecule has 0 aromatic heterocycles. The number of aryl methyl sites for hydroxylation is 1. The number of benzene rings is 3. The summed E-state index contributed by atoms with van der Waals surface area (Å²) in [6.45, 7) is 1.28. The second-order valence-corrected chi connectivity index (χ2v) is 8.82. The molecular weight excluding hydrogens is 464 g/mol. The molecule has 2 amide bonds. The number of likely N-dealkylation sites (N-methyl/N-ethyl adjacent to an activating group) is 1. The summed E-state index contributed by atoms with van der Waals surface area (Å²) in [6.07, 6.45) is 1.16. The summed E-state index contributed by atoms with van der Waals surface area (Å²) in [6, 6.07) is 22.2. The van der Waals surface area contributed by atoms with Crippen LogP contribution in [0, 0.1) is 0 Å². The number of carbonyl (C=O) groups excluding carboxylic acids is 2. The monoisotopic (exact) mass is 492 g/mol. The van der Waals surface area contributed by atoms with Gasteiger partial charge in [0.15, 0.2) is 11.5 Å². The van der Waals surface area contributed by atoms with Gasteiger partial charge in [0, 0.05) is 31.5 Å². The first kappa shape index (κ1) is 24.6. The Morgan fingerprint density at radius 2 is 1.66 bits per heavy atom. The number of hydrogen-bond donors (Lipinski definition) is 1. The molecule has 0 spiro atoms. The lowest BCUT2D eigenvalue weighted by molar-refractivity contribution is -0.141. The van der Waals surface area contributed by atoms with Crippen LogP contribution in [0.15, 0.2) is 72.8 Å². The van der Waals surface area contributed by atoms with E-state index in [2.05, 4.69) is 5.32 Å². The molecule has 1 unspecified atom stereocenters. The van der Waals surface area contributed by atoms with Gasteiger partial charge in [-0.25, -0.2) is 0 Å². The number of ether oxygens (including phenoxy) is 2. The molecule has 1 aliphatic rings. The Labute approximate surface area is 210 Å². The fourth-order valence-corrected chi connectivity index (χ4v) is 4.36. The highest BCUT2D eigenvalue weighted by Gasteiger charge is 2.30. The molecule has 0 aliphatic carbocycles. The largest absolute Gasteiger partial charge is 0.486 e. The third kappa shape index (κ3) is 6.34. The summed E-state index contributed by atoms with van der Waals surface area (Å²) in [5.74, 6) is 1.08. The summed E-state index contributed by atoms with van der Waals surface area (Å²) in [4.78, 5) is 28.3. The lowest BCUT2D eigenvalue weighted by atomic mass is 10.0. The predicted octanol–water partition coefficient (Wildman–Crippen LogP) is 4.43. The molecule has 7 heteroatoms. The lowest BCUT2D eigenvalue weighted by Gasteiger charge is -2.31. The van der Waals surface area contributed by atoms with E-state index in [-0.39, 0.29) is 24.8 Å². The number of carbonyl (C=O) groups is 2. The van der Waals surface area contributed by atoms with Crippen molar-refractivity contribution in [2.24, 2.45) is 0 Å². The third-order valence-corrected chi connectivity index (χ3v) is 6.42. The average Bonchev–Trinajstić information content (AvgIpc) is 2.90. The van der Waals surface area contributed by atoms with E-state index in [1.165, 1.54) is 0 Å². The van der Waals surface area contributed by atoms with Gasteiger partial charge in [0.25, 0.3) is 0 Å². The van der Waals surface area contributed by atoms with Gasteiger partial charge in [-0.15, -0.1) is 0 Å². The number of fused-ring (bicyclic) bond motifs is 1. The highest BCUT2D eigenvalue weighted by atomic mass is 35.5. The van der Waals surface area contributed by atoms with Crippen LogP contribution in [0.5, 0.6) is 11.5 Å². The van der Waals surface area contributed by atoms with E-state index >= 15 is 0 Å². The van der Waals surface area contributed by atoms with Crippen LogP contribution in [0.4, 0.5) is 0 Å². The van der Waals surface area contributed by atoms with Gasteiger partial charge in [0.05, 0.1) is 0 Å². The number of amides is 2. The highest BCUT2D eigenvalue weighted by molar-refractivity contribution is 6.31. The van der Waals surface area contributed by atoms with Crippen LogP contribution >= 0.6 is 11.6 Å². The van der Waals surface area contributed by atoms with E-state index in [4.69, 9.17) is 21.1 Å². The number of nitrogens with zero attached hydrogens (tertiary/aromatic N) is 1. The topological polar surface area (TPSA) is 67.9 Å². The van der Waals surface area contributed by atoms with Crippen molar-refractivity contribution in [3.63, 3.8) is 0 Å². The molecule has 0 saturated heterocycles. The second kappa shape index (κ2) is 11.8. The van der Waals surface area contributed by atoms with Crippen molar-refractivity contribution in [3.05, 3.63) is 94.5 Å². The van der Waals surface area contributed by atoms with Crippen LogP contribution in [0.25, 0.3) is 0 Å². The van der Waals surface area contributed by atoms with Crippen LogP contribution in [0.3, 0.4) is 0 Å². The van der Waals surface area contributed by atoms with Gasteiger partial charge in [0.2, 0.25) is 11.8 Å². The normalized spacial score (nSPS) is 13.1. The lowest BCUT2D eigenvalue weighted by Crippen LogP contribution is -2.49. The van der Waals surface area contributed by atoms with Crippen molar-refractivity contribution in [2.45, 2.75) is 31.8 Å². The highest BCUT2D eigenvalue weighted by Crippen LogP contribution is 2.31. The third-order valence-electron chi connectivity index (χ3n) is 6.05. The van der Waals surface area contributed by atoms with Crippen molar-refractivity contribution in [2.75, 3.05) is 20.3 Å². The first-order chi connectivity index (χ1) is 17.0. The van der Waals surface area contributed by atoms with E-state index in [1.54, 1.807) is 18.0 Å². The molecule has 0 radical (unpaired) electrons. The van der Waals surface area contributed by atoms with Crippen LogP contribution in [0.2, 0.25) is 5.02 Å². The standard InChI is InChI=1S/C28H29ClN2O4/c1-30-28(33)24(17-20-7-3-2-4-8-20)31(19-22-9-5-6-10-23(22)29)27(32)14-12-21-11-13-25-26(18-21)35-16-15-34-25/h2-11,13,18,24H,12,14-17,19H2,1H3,(H,30,33). The van der Waals surface area contributed by atoms with Gasteiger partial charge in [0.1, 0.15) is 19.3 Å². The van der Waals surface area contributed by atoms with Crippen LogP contribution in [-0.4, -0.2) is 43.0 Å². The summed E-state index contributed by atoms with van der Waals surface area (Å²) in [5.41, 5.74) is 2.74. The maximum Gasteiger partial charge on any atom is 0.242 e. The Morgan fingerprint density at radius 1 is 0.943 bits per heavy atom.